The van der Waals surface area contributed by atoms with Crippen molar-refractivity contribution >= 4 is 40.8 Å². The predicted octanol–water partition coefficient (Wildman–Crippen LogP) is 5.46. The Kier molecular flexibility index (Phi) is 8.34. The van der Waals surface area contributed by atoms with Gasteiger partial charge in [0, 0.05) is 48.0 Å². The van der Waals surface area contributed by atoms with E-state index in [-0.39, 0.29) is 38.9 Å². The van der Waals surface area contributed by atoms with Crippen LogP contribution in [0.3, 0.4) is 0 Å². The number of likely N-dealkylation sites (N-methyl/N-ethyl adjacent to an activating group) is 1. The first kappa shape index (κ1) is 28.6. The Morgan fingerprint density at radius 3 is 2.51 bits per heavy atom. The van der Waals surface area contributed by atoms with Crippen LogP contribution in [0.5, 0.6) is 5.75 Å². The number of carbonyl (C=O) groups is 2. The average Bonchev–Trinajstić information content (AvgIpc) is 2.85. The number of pyridine rings is 1. The van der Waals surface area contributed by atoms with Gasteiger partial charge < -0.3 is 15.0 Å². The van der Waals surface area contributed by atoms with Crippen LogP contribution in [0, 0.1) is 5.82 Å². The minimum Gasteiger partial charge on any atom is -0.480 e. The van der Waals surface area contributed by atoms with Crippen LogP contribution in [-0.2, 0) is 0 Å². The standard InChI is InChI=1S/C26H22Cl2F4N4O3/c1-35-11-16(12-35)34-24(37)14-6-7-18(27)17(8-14)15-9-21(39-13-26(30,31)32)23(33-10-15)36(2)25(38)22-19(28)4-3-5-20(22)29/h3-10,16H,11-13H2,1-2H3,(H,34,37). The van der Waals surface area contributed by atoms with Crippen molar-refractivity contribution in [1.82, 2.24) is 15.2 Å². The summed E-state index contributed by atoms with van der Waals surface area (Å²) in [5.41, 5.74) is 0.335. The van der Waals surface area contributed by atoms with Crippen molar-refractivity contribution in [2.24, 2.45) is 0 Å². The summed E-state index contributed by atoms with van der Waals surface area (Å²) in [5, 5.41) is 2.92. The molecular weight excluding hydrogens is 563 g/mol. The summed E-state index contributed by atoms with van der Waals surface area (Å²) in [4.78, 5) is 32.7. The van der Waals surface area contributed by atoms with E-state index in [1.54, 1.807) is 0 Å². The zero-order chi connectivity index (χ0) is 28.5. The van der Waals surface area contributed by atoms with E-state index < -0.39 is 35.8 Å². The molecule has 0 spiro atoms. The highest BCUT2D eigenvalue weighted by Crippen LogP contribution is 2.36. The molecule has 0 unspecified atom stereocenters. The molecule has 4 rings (SSSR count). The fraction of sp³-hybridized carbons (Fsp3) is 0.269. The van der Waals surface area contributed by atoms with E-state index in [0.29, 0.717) is 18.7 Å². The molecule has 1 fully saturated rings. The Morgan fingerprint density at radius 2 is 1.87 bits per heavy atom. The quantitative estimate of drug-likeness (QED) is 0.373. The van der Waals surface area contributed by atoms with Crippen LogP contribution >= 0.6 is 23.2 Å². The lowest BCUT2D eigenvalue weighted by Crippen LogP contribution is -2.57. The van der Waals surface area contributed by atoms with E-state index in [1.165, 1.54) is 49.6 Å². The number of amides is 2. The highest BCUT2D eigenvalue weighted by atomic mass is 35.5. The summed E-state index contributed by atoms with van der Waals surface area (Å²) in [5.74, 6) is -2.93. The number of ether oxygens (including phenoxy) is 1. The van der Waals surface area contributed by atoms with Crippen LogP contribution in [0.2, 0.25) is 10.0 Å². The SMILES string of the molecule is CN1CC(NC(=O)c2ccc(Cl)c(-c3cnc(N(C)C(=O)c4c(F)cccc4Cl)c(OCC(F)(F)F)c3)c2)C1. The molecule has 1 aliphatic heterocycles. The minimum atomic E-state index is -4.70. The van der Waals surface area contributed by atoms with Crippen molar-refractivity contribution in [1.29, 1.82) is 0 Å². The molecule has 2 amide bonds. The predicted molar refractivity (Wildman–Crippen MR) is 139 cm³/mol. The molecule has 1 saturated heterocycles. The van der Waals surface area contributed by atoms with Crippen LogP contribution in [0.4, 0.5) is 23.4 Å². The Balaban J connectivity index is 1.69. The van der Waals surface area contributed by atoms with Gasteiger partial charge in [0.1, 0.15) is 5.82 Å². The normalized spacial score (nSPS) is 14.1. The van der Waals surface area contributed by atoms with Gasteiger partial charge in [0.25, 0.3) is 11.8 Å². The lowest BCUT2D eigenvalue weighted by molar-refractivity contribution is -0.153. The minimum absolute atomic E-state index is 0.000906. The summed E-state index contributed by atoms with van der Waals surface area (Å²) in [6.45, 7) is -0.261. The summed E-state index contributed by atoms with van der Waals surface area (Å²) >= 11 is 12.4. The number of benzene rings is 2. The van der Waals surface area contributed by atoms with Gasteiger partial charge in [-0.1, -0.05) is 29.3 Å². The maximum Gasteiger partial charge on any atom is 0.422 e. The highest BCUT2D eigenvalue weighted by Gasteiger charge is 2.31. The number of likely N-dealkylation sites (tertiary alicyclic amines) is 1. The number of rotatable bonds is 7. The fourth-order valence-corrected chi connectivity index (χ4v) is 4.49. The maximum atomic E-state index is 14.4. The molecule has 1 aromatic heterocycles. The van der Waals surface area contributed by atoms with Crippen molar-refractivity contribution in [3.63, 3.8) is 0 Å². The number of halogens is 6. The molecule has 0 saturated carbocycles. The Morgan fingerprint density at radius 1 is 1.15 bits per heavy atom. The monoisotopic (exact) mass is 584 g/mol. The van der Waals surface area contributed by atoms with Gasteiger partial charge in [-0.25, -0.2) is 9.37 Å². The van der Waals surface area contributed by atoms with Crippen LogP contribution in [0.25, 0.3) is 11.1 Å². The van der Waals surface area contributed by atoms with Gasteiger partial charge >= 0.3 is 6.18 Å². The molecule has 0 atom stereocenters. The Hall–Kier alpha value is -3.41. The third-order valence-corrected chi connectivity index (χ3v) is 6.61. The van der Waals surface area contributed by atoms with Crippen LogP contribution < -0.4 is 15.0 Å². The number of anilines is 1. The number of alkyl halides is 3. The molecule has 7 nitrogen and oxygen atoms in total. The van der Waals surface area contributed by atoms with Gasteiger partial charge in [0.2, 0.25) is 0 Å². The molecular formula is C26H22Cl2F4N4O3. The summed E-state index contributed by atoms with van der Waals surface area (Å²) in [6.07, 6.45) is -3.44. The highest BCUT2D eigenvalue weighted by molar-refractivity contribution is 6.34. The summed E-state index contributed by atoms with van der Waals surface area (Å²) in [7, 11) is 3.12. The fourth-order valence-electron chi connectivity index (χ4n) is 4.02. The number of aromatic nitrogens is 1. The first-order valence-corrected chi connectivity index (χ1v) is 12.3. The van der Waals surface area contributed by atoms with Crippen LogP contribution in [0.1, 0.15) is 20.7 Å². The van der Waals surface area contributed by atoms with Gasteiger partial charge in [-0.15, -0.1) is 0 Å². The topological polar surface area (TPSA) is 74.8 Å². The number of nitrogens with one attached hydrogen (secondary N) is 1. The largest absolute Gasteiger partial charge is 0.480 e. The molecule has 0 bridgehead atoms. The lowest BCUT2D eigenvalue weighted by Gasteiger charge is -2.36. The molecule has 3 aromatic rings. The molecule has 2 aromatic carbocycles. The van der Waals surface area contributed by atoms with E-state index in [9.17, 15) is 27.2 Å². The van der Waals surface area contributed by atoms with Crippen molar-refractivity contribution in [2.75, 3.05) is 38.7 Å². The molecule has 1 N–H and O–H groups in total. The Labute approximate surface area is 231 Å². The van der Waals surface area contributed by atoms with Gasteiger partial charge in [0.05, 0.1) is 16.6 Å². The zero-order valence-electron chi connectivity index (χ0n) is 20.7. The molecule has 0 aliphatic carbocycles. The van der Waals surface area contributed by atoms with Crippen molar-refractivity contribution < 1.29 is 31.9 Å². The second kappa shape index (κ2) is 11.4. The lowest BCUT2D eigenvalue weighted by atomic mass is 10.0. The first-order valence-electron chi connectivity index (χ1n) is 11.5. The third-order valence-electron chi connectivity index (χ3n) is 5.96. The molecule has 206 valence electrons. The second-order valence-electron chi connectivity index (χ2n) is 9.00. The Bertz CT molecular complexity index is 1390. The van der Waals surface area contributed by atoms with Crippen molar-refractivity contribution in [3.8, 4) is 16.9 Å². The third kappa shape index (κ3) is 6.60. The molecule has 2 heterocycles. The smallest absolute Gasteiger partial charge is 0.422 e. The van der Waals surface area contributed by atoms with E-state index in [0.717, 1.165) is 11.0 Å². The second-order valence-corrected chi connectivity index (χ2v) is 9.81. The van der Waals surface area contributed by atoms with Crippen LogP contribution in [-0.4, -0.2) is 67.7 Å². The number of nitrogens with zero attached hydrogens (tertiary/aromatic N) is 3. The van der Waals surface area contributed by atoms with E-state index >= 15 is 0 Å². The van der Waals surface area contributed by atoms with Crippen LogP contribution in [0.15, 0.2) is 48.7 Å². The first-order chi connectivity index (χ1) is 18.3. The van der Waals surface area contributed by atoms with E-state index in [1.807, 2.05) is 11.9 Å². The zero-order valence-corrected chi connectivity index (χ0v) is 22.2. The van der Waals surface area contributed by atoms with Crippen molar-refractivity contribution in [2.45, 2.75) is 12.2 Å². The number of hydrogen-bond acceptors (Lipinski definition) is 5. The van der Waals surface area contributed by atoms with Gasteiger partial charge in [0.15, 0.2) is 18.2 Å². The van der Waals surface area contributed by atoms with E-state index in [4.69, 9.17) is 27.9 Å². The van der Waals surface area contributed by atoms with Gasteiger partial charge in [-0.2, -0.15) is 13.2 Å². The van der Waals surface area contributed by atoms with Gasteiger partial charge in [-0.05, 0) is 43.4 Å². The van der Waals surface area contributed by atoms with Gasteiger partial charge in [-0.3, -0.25) is 14.5 Å². The maximum absolute atomic E-state index is 14.4. The summed E-state index contributed by atoms with van der Waals surface area (Å²) in [6, 6.07) is 9.35. The molecule has 39 heavy (non-hydrogen) atoms. The molecule has 0 radical (unpaired) electrons. The number of carbonyl (C=O) groups excluding carboxylic acids is 2. The average molecular weight is 585 g/mol. The molecule has 13 heteroatoms. The van der Waals surface area contributed by atoms with Crippen molar-refractivity contribution in [3.05, 3.63) is 75.7 Å². The van der Waals surface area contributed by atoms with E-state index in [2.05, 4.69) is 10.3 Å². The summed E-state index contributed by atoms with van der Waals surface area (Å²) < 4.78 is 58.5. The number of hydrogen-bond donors (Lipinski definition) is 1. The molecule has 1 aliphatic rings.